The van der Waals surface area contributed by atoms with Gasteiger partial charge in [-0.3, -0.25) is 9.59 Å². The van der Waals surface area contributed by atoms with Crippen LogP contribution in [-0.2, 0) is 4.79 Å². The number of hydrogen-bond donors (Lipinski definition) is 2. The lowest BCUT2D eigenvalue weighted by Gasteiger charge is -2.16. The van der Waals surface area contributed by atoms with Crippen LogP contribution in [-0.4, -0.2) is 18.4 Å². The zero-order valence-corrected chi connectivity index (χ0v) is 15.9. The van der Waals surface area contributed by atoms with E-state index in [0.717, 1.165) is 5.56 Å². The fraction of sp³-hybridized carbons (Fsp3) is 0.130. The molecule has 3 aromatic rings. The van der Waals surface area contributed by atoms with Gasteiger partial charge in [-0.25, -0.2) is 4.39 Å². The predicted octanol–water partition coefficient (Wildman–Crippen LogP) is 4.33. The summed E-state index contributed by atoms with van der Waals surface area (Å²) in [4.78, 5) is 24.9. The molecule has 0 aliphatic heterocycles. The largest absolute Gasteiger partial charge is 0.481 e. The van der Waals surface area contributed by atoms with Gasteiger partial charge in [-0.2, -0.15) is 0 Å². The number of rotatable bonds is 7. The lowest BCUT2D eigenvalue weighted by atomic mass is 10.1. The Morgan fingerprint density at radius 3 is 2.34 bits per heavy atom. The molecule has 0 aliphatic rings. The van der Waals surface area contributed by atoms with Crippen molar-refractivity contribution in [3.8, 4) is 5.75 Å². The fourth-order valence-electron chi connectivity index (χ4n) is 2.78. The molecular formula is C23H21FN2O3. The first-order valence-corrected chi connectivity index (χ1v) is 9.16. The molecule has 0 bridgehead atoms. The summed E-state index contributed by atoms with van der Waals surface area (Å²) >= 11 is 0. The van der Waals surface area contributed by atoms with Crippen LogP contribution in [0.5, 0.6) is 5.75 Å². The Bertz CT molecular complexity index is 992. The lowest BCUT2D eigenvalue weighted by molar-refractivity contribution is -0.118. The first-order chi connectivity index (χ1) is 14.0. The number of carbonyl (C=O) groups is 2. The lowest BCUT2D eigenvalue weighted by Crippen LogP contribution is -2.28. The van der Waals surface area contributed by atoms with Gasteiger partial charge >= 0.3 is 0 Å². The van der Waals surface area contributed by atoms with Crippen molar-refractivity contribution in [3.05, 3.63) is 95.8 Å². The van der Waals surface area contributed by atoms with Crippen LogP contribution in [0.3, 0.4) is 0 Å². The third-order valence-corrected chi connectivity index (χ3v) is 4.29. The number of amides is 2. The summed E-state index contributed by atoms with van der Waals surface area (Å²) in [6.45, 7) is 1.51. The maximum absolute atomic E-state index is 13.6. The monoisotopic (exact) mass is 392 g/mol. The molecule has 2 N–H and O–H groups in total. The second-order valence-corrected chi connectivity index (χ2v) is 6.42. The van der Waals surface area contributed by atoms with Crippen molar-refractivity contribution in [2.45, 2.75) is 13.0 Å². The Kier molecular flexibility index (Phi) is 6.58. The fourth-order valence-corrected chi connectivity index (χ4v) is 2.78. The summed E-state index contributed by atoms with van der Waals surface area (Å²) in [6, 6.07) is 21.9. The Hall–Kier alpha value is -3.67. The van der Waals surface area contributed by atoms with Gasteiger partial charge in [0.15, 0.2) is 18.2 Å². The molecule has 0 unspecified atom stereocenters. The molecule has 0 aromatic heterocycles. The molecule has 148 valence electrons. The smallest absolute Gasteiger partial charge is 0.262 e. The summed E-state index contributed by atoms with van der Waals surface area (Å²) in [5, 5.41) is 5.57. The minimum atomic E-state index is -0.546. The average Bonchev–Trinajstić information content (AvgIpc) is 2.74. The van der Waals surface area contributed by atoms with Crippen LogP contribution in [0.1, 0.15) is 28.9 Å². The van der Waals surface area contributed by atoms with Gasteiger partial charge in [-0.15, -0.1) is 0 Å². The van der Waals surface area contributed by atoms with E-state index in [2.05, 4.69) is 10.6 Å². The number of hydrogen-bond acceptors (Lipinski definition) is 3. The molecule has 6 heteroatoms. The SMILES string of the molecule is C[C@@H](NC(=O)c1ccccc1NC(=O)COc1ccccc1F)c1ccccc1. The van der Waals surface area contributed by atoms with Crippen molar-refractivity contribution in [3.63, 3.8) is 0 Å². The van der Waals surface area contributed by atoms with E-state index in [-0.39, 0.29) is 24.3 Å². The first-order valence-electron chi connectivity index (χ1n) is 9.16. The standard InChI is InChI=1S/C23H21FN2O3/c1-16(17-9-3-2-4-10-17)25-23(28)18-11-5-7-13-20(18)26-22(27)15-29-21-14-8-6-12-19(21)24/h2-14,16H,15H2,1H3,(H,25,28)(H,26,27)/t16-/m1/s1. The molecule has 0 spiro atoms. The zero-order chi connectivity index (χ0) is 20.6. The summed E-state index contributed by atoms with van der Waals surface area (Å²) in [7, 11) is 0. The highest BCUT2D eigenvalue weighted by atomic mass is 19.1. The van der Waals surface area contributed by atoms with Crippen LogP contribution in [0.15, 0.2) is 78.9 Å². The summed E-state index contributed by atoms with van der Waals surface area (Å²) in [5.41, 5.74) is 1.66. The van der Waals surface area contributed by atoms with Crippen LogP contribution < -0.4 is 15.4 Å². The van der Waals surface area contributed by atoms with E-state index in [1.165, 1.54) is 18.2 Å². The average molecular weight is 392 g/mol. The van der Waals surface area contributed by atoms with Crippen molar-refractivity contribution in [2.24, 2.45) is 0 Å². The number of anilines is 1. The quantitative estimate of drug-likeness (QED) is 0.629. The molecule has 3 rings (SSSR count). The highest BCUT2D eigenvalue weighted by Crippen LogP contribution is 2.19. The van der Waals surface area contributed by atoms with Gasteiger partial charge in [-0.05, 0) is 36.8 Å². The van der Waals surface area contributed by atoms with Crippen LogP contribution in [0.25, 0.3) is 0 Å². The Morgan fingerprint density at radius 1 is 0.931 bits per heavy atom. The van der Waals surface area contributed by atoms with Crippen LogP contribution in [0.2, 0.25) is 0 Å². The number of para-hydroxylation sites is 2. The molecular weight excluding hydrogens is 371 g/mol. The molecule has 2 amide bonds. The highest BCUT2D eigenvalue weighted by molar-refractivity contribution is 6.04. The highest BCUT2D eigenvalue weighted by Gasteiger charge is 2.16. The molecule has 0 saturated carbocycles. The van der Waals surface area contributed by atoms with E-state index in [1.54, 1.807) is 30.3 Å². The second kappa shape index (κ2) is 9.50. The van der Waals surface area contributed by atoms with Crippen molar-refractivity contribution in [2.75, 3.05) is 11.9 Å². The van der Waals surface area contributed by atoms with E-state index in [1.807, 2.05) is 37.3 Å². The van der Waals surface area contributed by atoms with Crippen molar-refractivity contribution in [1.29, 1.82) is 0 Å². The van der Waals surface area contributed by atoms with Gasteiger partial charge in [0.25, 0.3) is 11.8 Å². The van der Waals surface area contributed by atoms with Gasteiger partial charge in [0.05, 0.1) is 17.3 Å². The zero-order valence-electron chi connectivity index (χ0n) is 15.9. The molecule has 3 aromatic carbocycles. The molecule has 0 saturated heterocycles. The van der Waals surface area contributed by atoms with Crippen molar-refractivity contribution in [1.82, 2.24) is 5.32 Å². The van der Waals surface area contributed by atoms with E-state index >= 15 is 0 Å². The number of carbonyl (C=O) groups excluding carboxylic acids is 2. The molecule has 29 heavy (non-hydrogen) atoms. The van der Waals surface area contributed by atoms with E-state index in [4.69, 9.17) is 4.74 Å². The topological polar surface area (TPSA) is 67.4 Å². The van der Waals surface area contributed by atoms with Crippen LogP contribution in [0.4, 0.5) is 10.1 Å². The van der Waals surface area contributed by atoms with Crippen LogP contribution >= 0.6 is 0 Å². The normalized spacial score (nSPS) is 11.4. The van der Waals surface area contributed by atoms with Crippen molar-refractivity contribution >= 4 is 17.5 Å². The van der Waals surface area contributed by atoms with E-state index in [9.17, 15) is 14.0 Å². The first kappa shape index (κ1) is 20.1. The van der Waals surface area contributed by atoms with Crippen LogP contribution in [0, 0.1) is 5.82 Å². The predicted molar refractivity (Wildman–Crippen MR) is 109 cm³/mol. The second-order valence-electron chi connectivity index (χ2n) is 6.42. The molecule has 5 nitrogen and oxygen atoms in total. The molecule has 0 aliphatic carbocycles. The Labute approximate surface area is 168 Å². The maximum atomic E-state index is 13.6. The molecule has 1 atom stereocenters. The number of nitrogens with one attached hydrogen (secondary N) is 2. The molecule has 0 fully saturated rings. The van der Waals surface area contributed by atoms with Gasteiger partial charge in [0.1, 0.15) is 0 Å². The molecule has 0 heterocycles. The maximum Gasteiger partial charge on any atom is 0.262 e. The summed E-state index contributed by atoms with van der Waals surface area (Å²) < 4.78 is 18.8. The number of halogens is 1. The summed E-state index contributed by atoms with van der Waals surface area (Å²) in [6.07, 6.45) is 0. The minimum absolute atomic E-state index is 0.00892. The number of ether oxygens (including phenoxy) is 1. The Balaban J connectivity index is 1.64. The Morgan fingerprint density at radius 2 is 1.59 bits per heavy atom. The molecule has 0 radical (unpaired) electrons. The van der Waals surface area contributed by atoms with E-state index < -0.39 is 11.7 Å². The van der Waals surface area contributed by atoms with Gasteiger partial charge in [0, 0.05) is 0 Å². The van der Waals surface area contributed by atoms with E-state index in [0.29, 0.717) is 11.3 Å². The third-order valence-electron chi connectivity index (χ3n) is 4.29. The van der Waals surface area contributed by atoms with Gasteiger partial charge in [-0.1, -0.05) is 54.6 Å². The summed E-state index contributed by atoms with van der Waals surface area (Å²) in [5.74, 6) is -1.36. The van der Waals surface area contributed by atoms with Gasteiger partial charge < -0.3 is 15.4 Å². The van der Waals surface area contributed by atoms with Crippen molar-refractivity contribution < 1.29 is 18.7 Å². The van der Waals surface area contributed by atoms with Gasteiger partial charge in [0.2, 0.25) is 0 Å². The number of benzene rings is 3. The minimum Gasteiger partial charge on any atom is -0.481 e. The third kappa shape index (κ3) is 5.42.